The second-order valence-corrected chi connectivity index (χ2v) is 3.81. The number of ether oxygens (including phenoxy) is 6. The maximum absolute atomic E-state index is 11.2. The number of methoxy groups -OCH3 is 1. The maximum Gasteiger partial charge on any atom is 0.330 e. The molecular formula is C14H26O7. The molecule has 124 valence electrons. The number of esters is 1. The standard InChI is InChI=1S/C14H26O7/c1-5-13(15)18-12-14(19-7-3,20-10-8-16-4)21-11-9-17-6-2/h5H,1,6-12H2,2-4H3. The van der Waals surface area contributed by atoms with Crippen LogP contribution in [0.5, 0.6) is 0 Å². The van der Waals surface area contributed by atoms with Crippen molar-refractivity contribution in [2.75, 3.05) is 53.4 Å². The van der Waals surface area contributed by atoms with E-state index in [0.717, 1.165) is 6.08 Å². The molecule has 0 aromatic rings. The highest BCUT2D eigenvalue weighted by Crippen LogP contribution is 2.17. The van der Waals surface area contributed by atoms with Crippen molar-refractivity contribution in [1.29, 1.82) is 0 Å². The smallest absolute Gasteiger partial charge is 0.330 e. The van der Waals surface area contributed by atoms with Crippen LogP contribution in [0.3, 0.4) is 0 Å². The Morgan fingerprint density at radius 3 is 2.24 bits per heavy atom. The van der Waals surface area contributed by atoms with Gasteiger partial charge in [-0.05, 0) is 13.8 Å². The van der Waals surface area contributed by atoms with E-state index in [-0.39, 0.29) is 19.8 Å². The van der Waals surface area contributed by atoms with Crippen LogP contribution in [0.15, 0.2) is 12.7 Å². The van der Waals surface area contributed by atoms with Gasteiger partial charge in [0.1, 0.15) is 0 Å². The molecule has 0 aromatic carbocycles. The predicted molar refractivity (Wildman–Crippen MR) is 75.8 cm³/mol. The molecule has 0 aliphatic carbocycles. The Hall–Kier alpha value is -0.990. The molecule has 1 atom stereocenters. The van der Waals surface area contributed by atoms with Gasteiger partial charge in [0, 0.05) is 26.4 Å². The number of hydrogen-bond acceptors (Lipinski definition) is 7. The van der Waals surface area contributed by atoms with Crippen LogP contribution in [0, 0.1) is 0 Å². The highest BCUT2D eigenvalue weighted by molar-refractivity contribution is 5.81. The van der Waals surface area contributed by atoms with Gasteiger partial charge in [-0.15, -0.1) is 0 Å². The molecule has 0 amide bonds. The minimum absolute atomic E-state index is 0.207. The molecule has 1 unspecified atom stereocenters. The van der Waals surface area contributed by atoms with Gasteiger partial charge in [0.2, 0.25) is 0 Å². The van der Waals surface area contributed by atoms with E-state index in [4.69, 9.17) is 28.4 Å². The average Bonchev–Trinajstić information content (AvgIpc) is 2.49. The van der Waals surface area contributed by atoms with Crippen molar-refractivity contribution in [2.45, 2.75) is 19.8 Å². The third-order valence-electron chi connectivity index (χ3n) is 2.29. The van der Waals surface area contributed by atoms with Gasteiger partial charge in [0.25, 0.3) is 0 Å². The van der Waals surface area contributed by atoms with Crippen molar-refractivity contribution in [1.82, 2.24) is 0 Å². The van der Waals surface area contributed by atoms with Crippen LogP contribution in [0.1, 0.15) is 13.8 Å². The van der Waals surface area contributed by atoms with E-state index in [9.17, 15) is 4.79 Å². The SMILES string of the molecule is C=CC(=O)OCC(OCC)(OCCOC)OCCOCC. The van der Waals surface area contributed by atoms with Gasteiger partial charge >= 0.3 is 11.9 Å². The van der Waals surface area contributed by atoms with Crippen molar-refractivity contribution in [3.8, 4) is 0 Å². The lowest BCUT2D eigenvalue weighted by atomic mass is 10.5. The third-order valence-corrected chi connectivity index (χ3v) is 2.29. The number of hydrogen-bond donors (Lipinski definition) is 0. The molecule has 0 aliphatic heterocycles. The molecule has 7 nitrogen and oxygen atoms in total. The lowest BCUT2D eigenvalue weighted by Crippen LogP contribution is -2.46. The summed E-state index contributed by atoms with van der Waals surface area (Å²) in [5, 5.41) is 0. The highest BCUT2D eigenvalue weighted by atomic mass is 16.9. The summed E-state index contributed by atoms with van der Waals surface area (Å²) < 4.78 is 31.7. The maximum atomic E-state index is 11.2. The Kier molecular flexibility index (Phi) is 12.1. The van der Waals surface area contributed by atoms with Gasteiger partial charge in [-0.3, -0.25) is 0 Å². The second kappa shape index (κ2) is 12.7. The molecule has 7 heteroatoms. The molecule has 0 fully saturated rings. The minimum atomic E-state index is -1.47. The van der Waals surface area contributed by atoms with Crippen molar-refractivity contribution in [2.24, 2.45) is 0 Å². The van der Waals surface area contributed by atoms with E-state index in [2.05, 4.69) is 6.58 Å². The number of carbonyl (C=O) groups excluding carboxylic acids is 1. The van der Waals surface area contributed by atoms with Crippen molar-refractivity contribution in [3.05, 3.63) is 12.7 Å². The molecule has 0 N–H and O–H groups in total. The quantitative estimate of drug-likeness (QED) is 0.206. The van der Waals surface area contributed by atoms with Crippen LogP contribution in [-0.2, 0) is 33.2 Å². The number of carbonyl (C=O) groups is 1. The van der Waals surface area contributed by atoms with Gasteiger partial charge in [-0.25, -0.2) is 4.79 Å². The fraction of sp³-hybridized carbons (Fsp3) is 0.786. The molecule has 0 saturated carbocycles. The fourth-order valence-electron chi connectivity index (χ4n) is 1.37. The van der Waals surface area contributed by atoms with Crippen LogP contribution in [0.25, 0.3) is 0 Å². The molecule has 0 radical (unpaired) electrons. The van der Waals surface area contributed by atoms with Gasteiger partial charge in [0.05, 0.1) is 26.4 Å². The van der Waals surface area contributed by atoms with Crippen LogP contribution < -0.4 is 0 Å². The molecule has 0 spiro atoms. The Morgan fingerprint density at radius 2 is 1.71 bits per heavy atom. The average molecular weight is 306 g/mol. The zero-order chi connectivity index (χ0) is 16.0. The second-order valence-electron chi connectivity index (χ2n) is 3.81. The van der Waals surface area contributed by atoms with Gasteiger partial charge in [-0.2, -0.15) is 0 Å². The summed E-state index contributed by atoms with van der Waals surface area (Å²) in [5.74, 6) is -2.05. The zero-order valence-electron chi connectivity index (χ0n) is 13.1. The summed E-state index contributed by atoms with van der Waals surface area (Å²) in [5.41, 5.74) is 0. The Morgan fingerprint density at radius 1 is 1.05 bits per heavy atom. The summed E-state index contributed by atoms with van der Waals surface area (Å²) in [6.45, 7) is 8.93. The van der Waals surface area contributed by atoms with Crippen LogP contribution in [-0.4, -0.2) is 65.3 Å². The van der Waals surface area contributed by atoms with Gasteiger partial charge in [0.15, 0.2) is 6.61 Å². The normalized spacial score (nSPS) is 13.7. The summed E-state index contributed by atoms with van der Waals surface area (Å²) in [7, 11) is 1.55. The van der Waals surface area contributed by atoms with E-state index in [1.54, 1.807) is 14.0 Å². The Labute approximate surface area is 126 Å². The monoisotopic (exact) mass is 306 g/mol. The predicted octanol–water partition coefficient (Wildman–Crippen LogP) is 1.12. The molecule has 0 saturated heterocycles. The van der Waals surface area contributed by atoms with E-state index in [1.165, 1.54) is 0 Å². The van der Waals surface area contributed by atoms with E-state index in [1.807, 2.05) is 6.92 Å². The van der Waals surface area contributed by atoms with E-state index < -0.39 is 11.9 Å². The number of rotatable bonds is 14. The first kappa shape index (κ1) is 20.0. The topological polar surface area (TPSA) is 72.5 Å². The van der Waals surface area contributed by atoms with Gasteiger partial charge in [-0.1, -0.05) is 6.58 Å². The van der Waals surface area contributed by atoms with Gasteiger partial charge < -0.3 is 28.4 Å². The molecule has 0 aromatic heterocycles. The largest absolute Gasteiger partial charge is 0.454 e. The zero-order valence-corrected chi connectivity index (χ0v) is 13.1. The summed E-state index contributed by atoms with van der Waals surface area (Å²) in [6.07, 6.45) is 1.06. The first-order valence-electron chi connectivity index (χ1n) is 6.91. The molecule has 21 heavy (non-hydrogen) atoms. The van der Waals surface area contributed by atoms with Crippen molar-refractivity contribution >= 4 is 5.97 Å². The fourth-order valence-corrected chi connectivity index (χ4v) is 1.37. The van der Waals surface area contributed by atoms with Crippen LogP contribution >= 0.6 is 0 Å². The van der Waals surface area contributed by atoms with Crippen LogP contribution in [0.2, 0.25) is 0 Å². The molecule has 0 rings (SSSR count). The highest BCUT2D eigenvalue weighted by Gasteiger charge is 2.35. The lowest BCUT2D eigenvalue weighted by molar-refractivity contribution is -0.392. The van der Waals surface area contributed by atoms with E-state index in [0.29, 0.717) is 26.4 Å². The first-order valence-corrected chi connectivity index (χ1v) is 6.91. The van der Waals surface area contributed by atoms with Crippen LogP contribution in [0.4, 0.5) is 0 Å². The Balaban J connectivity index is 4.59. The molecule has 0 bridgehead atoms. The van der Waals surface area contributed by atoms with Crippen molar-refractivity contribution in [3.63, 3.8) is 0 Å². The Bertz CT molecular complexity index is 282. The third kappa shape index (κ3) is 9.54. The minimum Gasteiger partial charge on any atom is -0.454 e. The molecule has 0 aliphatic rings. The molecule has 0 heterocycles. The van der Waals surface area contributed by atoms with E-state index >= 15 is 0 Å². The summed E-state index contributed by atoms with van der Waals surface area (Å²) in [6, 6.07) is 0. The lowest BCUT2D eigenvalue weighted by Gasteiger charge is -2.32. The molecular weight excluding hydrogens is 280 g/mol. The first-order chi connectivity index (χ1) is 10.1. The van der Waals surface area contributed by atoms with Crippen molar-refractivity contribution < 1.29 is 33.2 Å². The summed E-state index contributed by atoms with van der Waals surface area (Å²) >= 11 is 0. The summed E-state index contributed by atoms with van der Waals surface area (Å²) in [4.78, 5) is 11.2.